The summed E-state index contributed by atoms with van der Waals surface area (Å²) in [4.78, 5) is 21.5. The molecule has 4 rings (SSSR count). The highest BCUT2D eigenvalue weighted by atomic mass is 16.1. The standard InChI is InChI=1S/C25H26N4O/c30-25(22-11-5-2-6-12-22)27-24-14-13-23(20-26-24)29-18-16-28(17-19-29)15-7-10-21-8-3-1-4-9-21/h1-14,20H,15-19H2,(H,26,27,30)/b10-7+. The van der Waals surface area contributed by atoms with Crippen molar-refractivity contribution in [2.24, 2.45) is 0 Å². The highest BCUT2D eigenvalue weighted by Gasteiger charge is 2.16. The number of aromatic nitrogens is 1. The van der Waals surface area contributed by atoms with Crippen LogP contribution in [0.25, 0.3) is 6.08 Å². The van der Waals surface area contributed by atoms with Crippen molar-refractivity contribution in [3.63, 3.8) is 0 Å². The monoisotopic (exact) mass is 398 g/mol. The summed E-state index contributed by atoms with van der Waals surface area (Å²) in [5.74, 6) is 0.422. The number of hydrogen-bond donors (Lipinski definition) is 1. The van der Waals surface area contributed by atoms with E-state index in [9.17, 15) is 4.79 Å². The second kappa shape index (κ2) is 9.85. The summed E-state index contributed by atoms with van der Waals surface area (Å²) in [6.07, 6.45) is 6.25. The maximum Gasteiger partial charge on any atom is 0.256 e. The van der Waals surface area contributed by atoms with Gasteiger partial charge in [0, 0.05) is 38.3 Å². The first-order valence-electron chi connectivity index (χ1n) is 10.3. The quantitative estimate of drug-likeness (QED) is 0.677. The largest absolute Gasteiger partial charge is 0.368 e. The van der Waals surface area contributed by atoms with Crippen LogP contribution in [0, 0.1) is 0 Å². The number of pyridine rings is 1. The van der Waals surface area contributed by atoms with Crippen molar-refractivity contribution >= 4 is 23.5 Å². The number of amides is 1. The lowest BCUT2D eigenvalue weighted by Gasteiger charge is -2.35. The first-order valence-corrected chi connectivity index (χ1v) is 10.3. The van der Waals surface area contributed by atoms with Gasteiger partial charge in [-0.1, -0.05) is 60.7 Å². The molecule has 5 nitrogen and oxygen atoms in total. The maximum absolute atomic E-state index is 12.2. The Morgan fingerprint density at radius 2 is 1.60 bits per heavy atom. The number of benzene rings is 2. The minimum absolute atomic E-state index is 0.145. The molecule has 0 saturated carbocycles. The summed E-state index contributed by atoms with van der Waals surface area (Å²) in [7, 11) is 0. The van der Waals surface area contributed by atoms with Crippen molar-refractivity contribution < 1.29 is 4.79 Å². The van der Waals surface area contributed by atoms with Gasteiger partial charge in [0.2, 0.25) is 0 Å². The van der Waals surface area contributed by atoms with E-state index in [-0.39, 0.29) is 5.91 Å². The van der Waals surface area contributed by atoms with E-state index in [1.165, 1.54) is 5.56 Å². The lowest BCUT2D eigenvalue weighted by atomic mass is 10.2. The molecule has 1 aromatic heterocycles. The molecule has 1 saturated heterocycles. The summed E-state index contributed by atoms with van der Waals surface area (Å²) in [6.45, 7) is 4.94. The number of hydrogen-bond acceptors (Lipinski definition) is 4. The van der Waals surface area contributed by atoms with Gasteiger partial charge in [-0.05, 0) is 29.8 Å². The van der Waals surface area contributed by atoms with Crippen LogP contribution >= 0.6 is 0 Å². The van der Waals surface area contributed by atoms with Crippen LogP contribution in [0.5, 0.6) is 0 Å². The second-order valence-electron chi connectivity index (χ2n) is 7.32. The number of rotatable bonds is 6. The fraction of sp³-hybridized carbons (Fsp3) is 0.200. The number of anilines is 2. The molecule has 152 valence electrons. The van der Waals surface area contributed by atoms with Crippen molar-refractivity contribution in [2.75, 3.05) is 42.9 Å². The number of carbonyl (C=O) groups is 1. The Hall–Kier alpha value is -3.44. The van der Waals surface area contributed by atoms with E-state index in [0.717, 1.165) is 38.4 Å². The molecule has 5 heteroatoms. The fourth-order valence-corrected chi connectivity index (χ4v) is 3.52. The molecule has 0 radical (unpaired) electrons. The lowest BCUT2D eigenvalue weighted by Crippen LogP contribution is -2.46. The zero-order valence-corrected chi connectivity index (χ0v) is 16.9. The Balaban J connectivity index is 1.25. The summed E-state index contributed by atoms with van der Waals surface area (Å²) in [5, 5.41) is 2.85. The molecule has 0 bridgehead atoms. The van der Waals surface area contributed by atoms with Crippen LogP contribution < -0.4 is 10.2 Å². The Bertz CT molecular complexity index is 963. The van der Waals surface area contributed by atoms with E-state index in [4.69, 9.17) is 0 Å². The van der Waals surface area contributed by atoms with E-state index >= 15 is 0 Å². The SMILES string of the molecule is O=C(Nc1ccc(N2CCN(C/C=C/c3ccccc3)CC2)cn1)c1ccccc1. The van der Waals surface area contributed by atoms with Crippen LogP contribution in [0.3, 0.4) is 0 Å². The summed E-state index contributed by atoms with van der Waals surface area (Å²) < 4.78 is 0. The van der Waals surface area contributed by atoms with Crippen LogP contribution in [-0.2, 0) is 0 Å². The molecular formula is C25H26N4O. The summed E-state index contributed by atoms with van der Waals surface area (Å²) in [5.41, 5.74) is 2.95. The molecule has 1 amide bonds. The number of piperazine rings is 1. The molecule has 0 aliphatic carbocycles. The Labute approximate surface area is 177 Å². The minimum Gasteiger partial charge on any atom is -0.368 e. The molecule has 1 fully saturated rings. The zero-order valence-electron chi connectivity index (χ0n) is 16.9. The third kappa shape index (κ3) is 5.33. The number of nitrogens with one attached hydrogen (secondary N) is 1. The molecule has 0 atom stereocenters. The summed E-state index contributed by atoms with van der Waals surface area (Å²) in [6, 6.07) is 23.5. The van der Waals surface area contributed by atoms with Gasteiger partial charge in [0.25, 0.3) is 5.91 Å². The van der Waals surface area contributed by atoms with Crippen LogP contribution in [0.1, 0.15) is 15.9 Å². The van der Waals surface area contributed by atoms with Crippen LogP contribution in [0.15, 0.2) is 85.1 Å². The first kappa shape index (κ1) is 19.9. The van der Waals surface area contributed by atoms with E-state index in [1.54, 1.807) is 12.1 Å². The van der Waals surface area contributed by atoms with Crippen molar-refractivity contribution in [2.45, 2.75) is 0 Å². The van der Waals surface area contributed by atoms with Gasteiger partial charge in [0.05, 0.1) is 11.9 Å². The molecule has 1 aliphatic rings. The van der Waals surface area contributed by atoms with E-state index < -0.39 is 0 Å². The van der Waals surface area contributed by atoms with Crippen molar-refractivity contribution in [3.05, 3.63) is 96.2 Å². The highest BCUT2D eigenvalue weighted by molar-refractivity contribution is 6.03. The van der Waals surface area contributed by atoms with Gasteiger partial charge in [0.1, 0.15) is 5.82 Å². The lowest BCUT2D eigenvalue weighted by molar-refractivity contribution is 0.102. The predicted octanol–water partition coefficient (Wildman–Crippen LogP) is 4.17. The van der Waals surface area contributed by atoms with Gasteiger partial charge in [-0.25, -0.2) is 4.98 Å². The molecule has 2 heterocycles. The van der Waals surface area contributed by atoms with Crippen molar-refractivity contribution in [1.29, 1.82) is 0 Å². The number of carbonyl (C=O) groups excluding carboxylic acids is 1. The maximum atomic E-state index is 12.2. The first-order chi connectivity index (χ1) is 14.8. The van der Waals surface area contributed by atoms with Crippen LogP contribution in [0.4, 0.5) is 11.5 Å². The molecular weight excluding hydrogens is 372 g/mol. The summed E-state index contributed by atoms with van der Waals surface area (Å²) >= 11 is 0. The molecule has 0 spiro atoms. The predicted molar refractivity (Wildman–Crippen MR) is 123 cm³/mol. The Morgan fingerprint density at radius 3 is 2.27 bits per heavy atom. The van der Waals surface area contributed by atoms with E-state index in [2.05, 4.69) is 56.5 Å². The average Bonchev–Trinajstić information content (AvgIpc) is 2.81. The third-order valence-electron chi connectivity index (χ3n) is 5.24. The van der Waals surface area contributed by atoms with Gasteiger partial charge >= 0.3 is 0 Å². The Kier molecular flexibility index (Phi) is 6.52. The smallest absolute Gasteiger partial charge is 0.256 e. The van der Waals surface area contributed by atoms with Crippen LogP contribution in [0.2, 0.25) is 0 Å². The normalized spacial score (nSPS) is 14.7. The van der Waals surface area contributed by atoms with Gasteiger partial charge in [-0.15, -0.1) is 0 Å². The van der Waals surface area contributed by atoms with Gasteiger partial charge in [0.15, 0.2) is 0 Å². The zero-order chi connectivity index (χ0) is 20.6. The molecule has 30 heavy (non-hydrogen) atoms. The Morgan fingerprint density at radius 1 is 0.900 bits per heavy atom. The molecule has 1 N–H and O–H groups in total. The number of nitrogens with zero attached hydrogens (tertiary/aromatic N) is 3. The van der Waals surface area contributed by atoms with Gasteiger partial charge in [-0.2, -0.15) is 0 Å². The van der Waals surface area contributed by atoms with Crippen LogP contribution in [-0.4, -0.2) is 48.5 Å². The fourth-order valence-electron chi connectivity index (χ4n) is 3.52. The van der Waals surface area contributed by atoms with Crippen molar-refractivity contribution in [3.8, 4) is 0 Å². The highest BCUT2D eigenvalue weighted by Crippen LogP contribution is 2.18. The topological polar surface area (TPSA) is 48.5 Å². The van der Waals surface area contributed by atoms with Gasteiger partial charge in [-0.3, -0.25) is 9.69 Å². The minimum atomic E-state index is -0.145. The van der Waals surface area contributed by atoms with E-state index in [0.29, 0.717) is 11.4 Å². The molecule has 1 aliphatic heterocycles. The molecule has 3 aromatic rings. The van der Waals surface area contributed by atoms with E-state index in [1.807, 2.05) is 42.6 Å². The molecule has 0 unspecified atom stereocenters. The average molecular weight is 399 g/mol. The second-order valence-corrected chi connectivity index (χ2v) is 7.32. The molecule has 2 aromatic carbocycles. The van der Waals surface area contributed by atoms with Crippen molar-refractivity contribution in [1.82, 2.24) is 9.88 Å². The van der Waals surface area contributed by atoms with Gasteiger partial charge < -0.3 is 10.2 Å². The third-order valence-corrected chi connectivity index (χ3v) is 5.24.